The van der Waals surface area contributed by atoms with Crippen LogP contribution in [0, 0.1) is 0 Å². The average molecular weight is 477 g/mol. The molecule has 2 saturated heterocycles. The molecule has 1 aromatic carbocycles. The summed E-state index contributed by atoms with van der Waals surface area (Å²) in [7, 11) is 0. The number of carbonyl (C=O) groups is 2. The number of aliphatic hydroxyl groups is 1. The van der Waals surface area contributed by atoms with Crippen molar-refractivity contribution in [2.75, 3.05) is 37.7 Å². The predicted molar refractivity (Wildman–Crippen MR) is 133 cm³/mol. The molecule has 2 amide bonds. The van der Waals surface area contributed by atoms with Gasteiger partial charge in [-0.15, -0.1) is 10.2 Å². The molecule has 2 fully saturated rings. The van der Waals surface area contributed by atoms with E-state index < -0.39 is 0 Å². The Bertz CT molecular complexity index is 1190. The summed E-state index contributed by atoms with van der Waals surface area (Å²) >= 11 is 0. The molecule has 0 radical (unpaired) electrons. The Hall–Kier alpha value is -3.46. The number of nitrogens with zero attached hydrogens (tertiary/aromatic N) is 5. The van der Waals surface area contributed by atoms with Crippen LogP contribution in [0.15, 0.2) is 42.6 Å². The van der Waals surface area contributed by atoms with Gasteiger partial charge in [-0.25, -0.2) is 0 Å². The number of likely N-dealkylation sites (tertiary alicyclic amines) is 1. The lowest BCUT2D eigenvalue weighted by Crippen LogP contribution is -2.32. The third-order valence-electron chi connectivity index (χ3n) is 7.01. The topological polar surface area (TPSA) is 104 Å². The maximum atomic E-state index is 12.7. The van der Waals surface area contributed by atoms with E-state index in [1.165, 1.54) is 0 Å². The van der Waals surface area contributed by atoms with Crippen LogP contribution in [0.25, 0.3) is 16.7 Å². The fourth-order valence-corrected chi connectivity index (χ4v) is 5.18. The SMILES string of the molecule is O=C(Cc1cn(-c2ccc(N3CCCC3CO)nn2)c2ccccc12)NCCCN1CCCC1=O. The summed E-state index contributed by atoms with van der Waals surface area (Å²) in [6.07, 6.45) is 6.57. The first kappa shape index (κ1) is 23.3. The van der Waals surface area contributed by atoms with Crippen molar-refractivity contribution in [2.24, 2.45) is 0 Å². The third-order valence-corrected chi connectivity index (χ3v) is 7.01. The molecule has 5 rings (SSSR count). The van der Waals surface area contributed by atoms with Gasteiger partial charge in [0.1, 0.15) is 0 Å². The molecule has 9 nitrogen and oxygen atoms in total. The number of anilines is 1. The minimum absolute atomic E-state index is 0.0360. The highest BCUT2D eigenvalue weighted by Crippen LogP contribution is 2.27. The Morgan fingerprint density at radius 2 is 1.91 bits per heavy atom. The molecular weight excluding hydrogens is 444 g/mol. The van der Waals surface area contributed by atoms with Crippen LogP contribution in [0.5, 0.6) is 0 Å². The fourth-order valence-electron chi connectivity index (χ4n) is 5.18. The van der Waals surface area contributed by atoms with E-state index in [1.54, 1.807) is 0 Å². The van der Waals surface area contributed by atoms with E-state index in [4.69, 9.17) is 0 Å². The molecule has 184 valence electrons. The summed E-state index contributed by atoms with van der Waals surface area (Å²) in [4.78, 5) is 28.4. The van der Waals surface area contributed by atoms with Crippen LogP contribution in [-0.2, 0) is 16.0 Å². The summed E-state index contributed by atoms with van der Waals surface area (Å²) in [6.45, 7) is 3.08. The van der Waals surface area contributed by atoms with Gasteiger partial charge in [0.25, 0.3) is 0 Å². The number of amides is 2. The smallest absolute Gasteiger partial charge is 0.224 e. The van der Waals surface area contributed by atoms with E-state index in [0.717, 1.165) is 61.1 Å². The van der Waals surface area contributed by atoms with Crippen molar-refractivity contribution in [3.63, 3.8) is 0 Å². The summed E-state index contributed by atoms with van der Waals surface area (Å²) < 4.78 is 1.97. The molecule has 1 atom stereocenters. The number of fused-ring (bicyclic) bond motifs is 1. The van der Waals surface area contributed by atoms with Crippen LogP contribution in [0.4, 0.5) is 5.82 Å². The lowest BCUT2D eigenvalue weighted by atomic mass is 10.1. The van der Waals surface area contributed by atoms with Gasteiger partial charge in [0.2, 0.25) is 11.8 Å². The van der Waals surface area contributed by atoms with E-state index in [2.05, 4.69) is 20.4 Å². The molecule has 1 unspecified atom stereocenters. The number of aliphatic hydroxyl groups excluding tert-OH is 1. The number of aromatic nitrogens is 3. The standard InChI is InChI=1S/C26H32N6O3/c33-18-20-6-3-15-31(20)23-10-11-24(29-28-23)32-17-19(21-7-1-2-8-22(21)32)16-25(34)27-12-5-14-30-13-4-9-26(30)35/h1-2,7-8,10-11,17,20,33H,3-6,9,12-16,18H2,(H,27,34). The molecule has 2 N–H and O–H groups in total. The summed E-state index contributed by atoms with van der Waals surface area (Å²) in [5.41, 5.74) is 1.90. The Morgan fingerprint density at radius 3 is 2.69 bits per heavy atom. The molecule has 2 aliphatic rings. The Morgan fingerprint density at radius 1 is 1.09 bits per heavy atom. The molecule has 0 aliphatic carbocycles. The van der Waals surface area contributed by atoms with Crippen molar-refractivity contribution < 1.29 is 14.7 Å². The minimum atomic E-state index is -0.0360. The second-order valence-corrected chi connectivity index (χ2v) is 9.33. The van der Waals surface area contributed by atoms with Crippen molar-refractivity contribution in [2.45, 2.75) is 44.6 Å². The minimum Gasteiger partial charge on any atom is -0.394 e. The molecule has 0 saturated carbocycles. The maximum absolute atomic E-state index is 12.7. The van der Waals surface area contributed by atoms with Crippen LogP contribution >= 0.6 is 0 Å². The van der Waals surface area contributed by atoms with Gasteiger partial charge in [0.05, 0.1) is 24.6 Å². The molecule has 2 aromatic heterocycles. The molecule has 4 heterocycles. The first-order chi connectivity index (χ1) is 17.1. The molecule has 3 aromatic rings. The van der Waals surface area contributed by atoms with Crippen molar-refractivity contribution in [3.8, 4) is 5.82 Å². The van der Waals surface area contributed by atoms with Crippen molar-refractivity contribution >= 4 is 28.5 Å². The van der Waals surface area contributed by atoms with E-state index in [1.807, 2.05) is 52.1 Å². The zero-order valence-corrected chi connectivity index (χ0v) is 19.9. The van der Waals surface area contributed by atoms with Crippen LogP contribution in [0.3, 0.4) is 0 Å². The summed E-state index contributed by atoms with van der Waals surface area (Å²) in [6, 6.07) is 12.0. The van der Waals surface area contributed by atoms with E-state index >= 15 is 0 Å². The molecule has 35 heavy (non-hydrogen) atoms. The largest absolute Gasteiger partial charge is 0.394 e. The molecular formula is C26H32N6O3. The normalized spacial score (nSPS) is 18.1. The van der Waals surface area contributed by atoms with Crippen LogP contribution in [0.2, 0.25) is 0 Å². The van der Waals surface area contributed by atoms with E-state index in [-0.39, 0.29) is 30.9 Å². The van der Waals surface area contributed by atoms with Crippen LogP contribution < -0.4 is 10.2 Å². The van der Waals surface area contributed by atoms with Crippen LogP contribution in [-0.4, -0.2) is 75.4 Å². The highest BCUT2D eigenvalue weighted by Gasteiger charge is 2.25. The number of rotatable bonds is 9. The van der Waals surface area contributed by atoms with Gasteiger partial charge < -0.3 is 20.2 Å². The zero-order valence-electron chi connectivity index (χ0n) is 19.9. The van der Waals surface area contributed by atoms with E-state index in [9.17, 15) is 14.7 Å². The number of benzene rings is 1. The Labute approximate surface area is 204 Å². The number of carbonyl (C=O) groups excluding carboxylic acids is 2. The first-order valence-electron chi connectivity index (χ1n) is 12.5. The van der Waals surface area contributed by atoms with Crippen molar-refractivity contribution in [1.29, 1.82) is 0 Å². The van der Waals surface area contributed by atoms with Gasteiger partial charge >= 0.3 is 0 Å². The second kappa shape index (κ2) is 10.4. The van der Waals surface area contributed by atoms with Crippen molar-refractivity contribution in [3.05, 3.63) is 48.2 Å². The van der Waals surface area contributed by atoms with Crippen LogP contribution in [0.1, 0.15) is 37.7 Å². The van der Waals surface area contributed by atoms with Gasteiger partial charge in [-0.1, -0.05) is 18.2 Å². The fraction of sp³-hybridized carbons (Fsp3) is 0.462. The van der Waals surface area contributed by atoms with Gasteiger partial charge in [0.15, 0.2) is 11.6 Å². The monoisotopic (exact) mass is 476 g/mol. The maximum Gasteiger partial charge on any atom is 0.224 e. The number of hydrogen-bond acceptors (Lipinski definition) is 6. The molecule has 2 aliphatic heterocycles. The second-order valence-electron chi connectivity index (χ2n) is 9.33. The average Bonchev–Trinajstić information content (AvgIpc) is 3.61. The molecule has 0 bridgehead atoms. The summed E-state index contributed by atoms with van der Waals surface area (Å²) in [5, 5.41) is 22.5. The van der Waals surface area contributed by atoms with Gasteiger partial charge in [-0.3, -0.25) is 14.2 Å². The van der Waals surface area contributed by atoms with Crippen molar-refractivity contribution in [1.82, 2.24) is 25.0 Å². The van der Waals surface area contributed by atoms with Gasteiger partial charge in [-0.05, 0) is 49.4 Å². The highest BCUT2D eigenvalue weighted by atomic mass is 16.3. The van der Waals surface area contributed by atoms with E-state index in [0.29, 0.717) is 25.3 Å². The molecule has 0 spiro atoms. The number of para-hydroxylation sites is 1. The Balaban J connectivity index is 1.26. The highest BCUT2D eigenvalue weighted by molar-refractivity contribution is 5.90. The predicted octanol–water partition coefficient (Wildman–Crippen LogP) is 2.05. The van der Waals surface area contributed by atoms with Gasteiger partial charge in [-0.2, -0.15) is 0 Å². The lowest BCUT2D eigenvalue weighted by molar-refractivity contribution is -0.127. The molecule has 9 heteroatoms. The number of hydrogen-bond donors (Lipinski definition) is 2. The first-order valence-corrected chi connectivity index (χ1v) is 12.5. The zero-order chi connectivity index (χ0) is 24.2. The lowest BCUT2D eigenvalue weighted by Gasteiger charge is -2.23. The third kappa shape index (κ3) is 5.00. The number of nitrogens with one attached hydrogen (secondary N) is 1. The van der Waals surface area contributed by atoms with Gasteiger partial charge in [0, 0.05) is 44.2 Å². The quantitative estimate of drug-likeness (QED) is 0.458. The summed E-state index contributed by atoms with van der Waals surface area (Å²) in [5.74, 6) is 1.64. The Kier molecular flexibility index (Phi) is 6.94.